The lowest BCUT2D eigenvalue weighted by atomic mass is 9.97. The minimum absolute atomic E-state index is 0.200. The van der Waals surface area contributed by atoms with E-state index in [9.17, 15) is 23.4 Å². The zero-order valence-corrected chi connectivity index (χ0v) is 19.5. The number of nitrogen functional groups attached to an aromatic ring is 1. The van der Waals surface area contributed by atoms with Crippen LogP contribution in [-0.4, -0.2) is 72.6 Å². The summed E-state index contributed by atoms with van der Waals surface area (Å²) in [5.41, 5.74) is 3.69. The molecule has 1 aliphatic rings. The predicted octanol–water partition coefficient (Wildman–Crippen LogP) is 1.70. The number of aliphatic hydroxyl groups is 2. The van der Waals surface area contributed by atoms with Gasteiger partial charge in [0.25, 0.3) is 0 Å². The van der Waals surface area contributed by atoms with Gasteiger partial charge < -0.3 is 25.4 Å². The van der Waals surface area contributed by atoms with Gasteiger partial charge in [0.1, 0.15) is 47.2 Å². The van der Waals surface area contributed by atoms with Crippen molar-refractivity contribution >= 4 is 28.2 Å². The van der Waals surface area contributed by atoms with Gasteiger partial charge in [-0.3, -0.25) is 0 Å². The molecule has 1 fully saturated rings. The van der Waals surface area contributed by atoms with E-state index >= 15 is 0 Å². The van der Waals surface area contributed by atoms with Crippen molar-refractivity contribution < 1.29 is 32.9 Å². The first kappa shape index (κ1) is 25.3. The van der Waals surface area contributed by atoms with E-state index in [0.717, 1.165) is 24.0 Å². The minimum Gasteiger partial charge on any atom is -0.394 e. The van der Waals surface area contributed by atoms with Gasteiger partial charge in [0.2, 0.25) is 0 Å². The number of rotatable bonds is 6. The molecule has 1 saturated heterocycles. The first-order chi connectivity index (χ1) is 16.7. The average molecular weight is 530 g/mol. The zero-order chi connectivity index (χ0) is 25.3. The van der Waals surface area contributed by atoms with Crippen LogP contribution in [0.25, 0.3) is 11.4 Å². The molecule has 3 aromatic heterocycles. The summed E-state index contributed by atoms with van der Waals surface area (Å²) < 4.78 is 52.0. The van der Waals surface area contributed by atoms with Crippen LogP contribution in [0.4, 0.5) is 18.3 Å². The molecule has 0 aromatic carbocycles. The largest absolute Gasteiger partial charge is 0.434 e. The van der Waals surface area contributed by atoms with Gasteiger partial charge >= 0.3 is 6.18 Å². The van der Waals surface area contributed by atoms with Crippen LogP contribution in [0.15, 0.2) is 28.7 Å². The van der Waals surface area contributed by atoms with E-state index in [1.54, 1.807) is 5.38 Å². The maximum absolute atomic E-state index is 13.1. The van der Waals surface area contributed by atoms with Gasteiger partial charge in [-0.2, -0.15) is 18.4 Å². The van der Waals surface area contributed by atoms with E-state index in [0.29, 0.717) is 16.5 Å². The number of ether oxygens (including phenoxy) is 2. The Morgan fingerprint density at radius 2 is 2.17 bits per heavy atom. The molecule has 4 heterocycles. The van der Waals surface area contributed by atoms with Crippen molar-refractivity contribution in [3.63, 3.8) is 0 Å². The summed E-state index contributed by atoms with van der Waals surface area (Å²) in [6.45, 7) is -0.552. The Hall–Kier alpha value is -2.81. The third kappa shape index (κ3) is 5.10. The monoisotopic (exact) mass is 529 g/mol. The van der Waals surface area contributed by atoms with Gasteiger partial charge in [0, 0.05) is 23.6 Å². The van der Waals surface area contributed by atoms with Crippen LogP contribution >= 0.6 is 23.1 Å². The number of nitrogens with zero attached hydrogens (tertiary/aromatic N) is 6. The van der Waals surface area contributed by atoms with Crippen LogP contribution < -0.4 is 5.73 Å². The highest BCUT2D eigenvalue weighted by molar-refractivity contribution is 7.99. The molecule has 0 aliphatic carbocycles. The molecule has 4 rings (SSSR count). The number of thioether (sulfide) groups is 1. The Morgan fingerprint density at radius 3 is 2.77 bits per heavy atom. The summed E-state index contributed by atoms with van der Waals surface area (Å²) in [6, 6.07) is 1.66. The predicted molar refractivity (Wildman–Crippen MR) is 117 cm³/mol. The summed E-state index contributed by atoms with van der Waals surface area (Å²) >= 11 is 2.15. The van der Waals surface area contributed by atoms with Crippen LogP contribution in [0.3, 0.4) is 0 Å². The van der Waals surface area contributed by atoms with Gasteiger partial charge in [0.05, 0.1) is 18.4 Å². The van der Waals surface area contributed by atoms with Crippen LogP contribution in [0, 0.1) is 11.3 Å². The standard InChI is InChI=1S/C19H18F3N7O4S2/c1-32-15-13(29-5-10(27-28-29)11-7-34-18(24)26-11)14(31)12(6-30)33-17(15)35-9-2-8(3-23)16(25-4-9)19(20,21)22/h2,4-5,7,12-15,17,30-31H,6H2,1H3,(H2,24,26)/t12?,13?,14-,15?,17+/m0/s1. The molecule has 0 saturated carbocycles. The normalized spacial score (nSPS) is 24.9. The number of thiazole rings is 1. The van der Waals surface area contributed by atoms with Crippen molar-refractivity contribution in [3.8, 4) is 17.5 Å². The van der Waals surface area contributed by atoms with E-state index in [4.69, 9.17) is 20.5 Å². The second kappa shape index (κ2) is 10.0. The fourth-order valence-corrected chi connectivity index (χ4v) is 5.34. The van der Waals surface area contributed by atoms with Crippen LogP contribution in [-0.2, 0) is 15.7 Å². The molecule has 1 aliphatic heterocycles. The third-order valence-electron chi connectivity index (χ3n) is 5.20. The van der Waals surface area contributed by atoms with Crippen LogP contribution in [0.2, 0.25) is 0 Å². The van der Waals surface area contributed by atoms with Crippen molar-refractivity contribution in [2.75, 3.05) is 19.5 Å². The Balaban J connectivity index is 1.65. The molecule has 35 heavy (non-hydrogen) atoms. The molecular formula is C19H18F3N7O4S2. The second-order valence-corrected chi connectivity index (χ2v) is 9.42. The maximum atomic E-state index is 13.1. The number of hydrogen-bond acceptors (Lipinski definition) is 12. The molecule has 11 nitrogen and oxygen atoms in total. The van der Waals surface area contributed by atoms with Crippen molar-refractivity contribution in [3.05, 3.63) is 35.1 Å². The first-order valence-corrected chi connectivity index (χ1v) is 11.7. The molecule has 0 bridgehead atoms. The summed E-state index contributed by atoms with van der Waals surface area (Å²) in [5, 5.41) is 40.0. The molecule has 3 unspecified atom stereocenters. The van der Waals surface area contributed by atoms with Crippen LogP contribution in [0.1, 0.15) is 17.3 Å². The fraction of sp³-hybridized carbons (Fsp3) is 0.421. The Labute approximate surface area is 204 Å². The molecular weight excluding hydrogens is 511 g/mol. The van der Waals surface area contributed by atoms with Gasteiger partial charge in [0.15, 0.2) is 10.8 Å². The Bertz CT molecular complexity index is 1230. The lowest BCUT2D eigenvalue weighted by Gasteiger charge is -2.43. The van der Waals surface area contributed by atoms with Crippen LogP contribution in [0.5, 0.6) is 0 Å². The summed E-state index contributed by atoms with van der Waals surface area (Å²) in [5.74, 6) is 0. The first-order valence-electron chi connectivity index (χ1n) is 9.90. The summed E-state index contributed by atoms with van der Waals surface area (Å²) in [7, 11) is 1.37. The van der Waals surface area contributed by atoms with Gasteiger partial charge in [-0.1, -0.05) is 17.0 Å². The SMILES string of the molecule is COC1C(n2cc(-c3csc(N)n3)nn2)[C@@H](O)C(CO)O[C@@H]1Sc1cnc(C(F)(F)F)c(C#N)c1. The number of methoxy groups -OCH3 is 1. The number of anilines is 1. The minimum atomic E-state index is -4.78. The number of aliphatic hydroxyl groups excluding tert-OH is 2. The third-order valence-corrected chi connectivity index (χ3v) is 6.98. The summed E-state index contributed by atoms with van der Waals surface area (Å²) in [6.07, 6.45) is -5.50. The number of aromatic nitrogens is 5. The lowest BCUT2D eigenvalue weighted by molar-refractivity contribution is -0.186. The number of nitrogens with two attached hydrogens (primary N) is 1. The van der Waals surface area contributed by atoms with Gasteiger partial charge in [-0.05, 0) is 6.07 Å². The van der Waals surface area contributed by atoms with E-state index in [1.807, 2.05) is 0 Å². The average Bonchev–Trinajstić information content (AvgIpc) is 3.48. The summed E-state index contributed by atoms with van der Waals surface area (Å²) in [4.78, 5) is 7.74. The topological polar surface area (TPSA) is 165 Å². The van der Waals surface area contributed by atoms with E-state index in [1.165, 1.54) is 35.4 Å². The number of hydrogen-bond donors (Lipinski definition) is 3. The van der Waals surface area contributed by atoms with Gasteiger partial charge in [-0.25, -0.2) is 14.6 Å². The number of alkyl halides is 3. The van der Waals surface area contributed by atoms with Crippen molar-refractivity contribution in [2.24, 2.45) is 0 Å². The van der Waals surface area contributed by atoms with Crippen molar-refractivity contribution in [2.45, 2.75) is 40.9 Å². The number of halogens is 3. The highest BCUT2D eigenvalue weighted by Gasteiger charge is 2.47. The van der Waals surface area contributed by atoms with Crippen molar-refractivity contribution in [1.29, 1.82) is 5.26 Å². The highest BCUT2D eigenvalue weighted by Crippen LogP contribution is 2.40. The highest BCUT2D eigenvalue weighted by atomic mass is 32.2. The van der Waals surface area contributed by atoms with Crippen molar-refractivity contribution in [1.82, 2.24) is 25.0 Å². The Kier molecular flexibility index (Phi) is 7.26. The Morgan fingerprint density at radius 1 is 1.40 bits per heavy atom. The quantitative estimate of drug-likeness (QED) is 0.425. The number of nitriles is 1. The molecule has 3 aromatic rings. The molecule has 4 N–H and O–H groups in total. The lowest BCUT2D eigenvalue weighted by Crippen LogP contribution is -2.55. The molecule has 0 radical (unpaired) electrons. The maximum Gasteiger partial charge on any atom is 0.434 e. The van der Waals surface area contributed by atoms with E-state index < -0.39 is 53.8 Å². The zero-order valence-electron chi connectivity index (χ0n) is 17.8. The molecule has 5 atom stereocenters. The molecule has 0 spiro atoms. The van der Waals surface area contributed by atoms with E-state index in [2.05, 4.69) is 20.3 Å². The second-order valence-electron chi connectivity index (χ2n) is 7.36. The fourth-order valence-electron chi connectivity index (χ4n) is 3.61. The van der Waals surface area contributed by atoms with Gasteiger partial charge in [-0.15, -0.1) is 16.4 Å². The molecule has 16 heteroatoms. The number of pyridine rings is 1. The molecule has 0 amide bonds. The molecule has 186 valence electrons. The smallest absolute Gasteiger partial charge is 0.394 e. The van der Waals surface area contributed by atoms with E-state index in [-0.39, 0.29) is 4.90 Å².